The lowest BCUT2D eigenvalue weighted by Gasteiger charge is -2.17. The molecule has 8 heteroatoms. The van der Waals surface area contributed by atoms with Gasteiger partial charge in [0, 0.05) is 25.7 Å². The van der Waals surface area contributed by atoms with Crippen LogP contribution in [0.25, 0.3) is 16.7 Å². The summed E-state index contributed by atoms with van der Waals surface area (Å²) in [5.74, 6) is 1.55. The van der Waals surface area contributed by atoms with Gasteiger partial charge in [-0.3, -0.25) is 9.30 Å². The molecule has 7 nitrogen and oxygen atoms in total. The van der Waals surface area contributed by atoms with Gasteiger partial charge in [0.25, 0.3) is 0 Å². The van der Waals surface area contributed by atoms with Crippen LogP contribution >= 0.6 is 11.6 Å². The summed E-state index contributed by atoms with van der Waals surface area (Å²) < 4.78 is 1.97. The van der Waals surface area contributed by atoms with E-state index in [1.54, 1.807) is 12.5 Å². The predicted molar refractivity (Wildman–Crippen MR) is 142 cm³/mol. The molecule has 5 aromatic rings. The monoisotopic (exact) mass is 483 g/mol. The van der Waals surface area contributed by atoms with Gasteiger partial charge >= 0.3 is 0 Å². The molecule has 176 valence electrons. The van der Waals surface area contributed by atoms with Gasteiger partial charge in [-0.1, -0.05) is 54.1 Å². The second-order valence-corrected chi connectivity index (χ2v) is 9.46. The molecule has 0 saturated carbocycles. The van der Waals surface area contributed by atoms with E-state index in [0.717, 1.165) is 59.8 Å². The van der Waals surface area contributed by atoms with E-state index in [-0.39, 0.29) is 0 Å². The van der Waals surface area contributed by atoms with Gasteiger partial charge in [-0.25, -0.2) is 15.0 Å². The molecular weight excluding hydrogens is 458 g/mol. The van der Waals surface area contributed by atoms with Crippen LogP contribution in [0.5, 0.6) is 0 Å². The summed E-state index contributed by atoms with van der Waals surface area (Å²) in [6.07, 6.45) is 4.66. The molecule has 0 unspecified atom stereocenters. The summed E-state index contributed by atoms with van der Waals surface area (Å²) in [7, 11) is 0. The number of pyridine rings is 1. The van der Waals surface area contributed by atoms with Gasteiger partial charge in [0.2, 0.25) is 0 Å². The minimum atomic E-state index is 0.360. The Morgan fingerprint density at radius 1 is 1.03 bits per heavy atom. The second-order valence-electron chi connectivity index (χ2n) is 9.06. The molecule has 1 atom stereocenters. The molecule has 4 heterocycles. The lowest BCUT2D eigenvalue weighted by molar-refractivity contribution is 0.328. The fourth-order valence-corrected chi connectivity index (χ4v) is 5.02. The third kappa shape index (κ3) is 4.40. The predicted octanol–water partition coefficient (Wildman–Crippen LogP) is 5.67. The van der Waals surface area contributed by atoms with Crippen molar-refractivity contribution in [2.24, 2.45) is 0 Å². The van der Waals surface area contributed by atoms with Gasteiger partial charge < -0.3 is 10.6 Å². The van der Waals surface area contributed by atoms with Crippen LogP contribution < -0.4 is 10.6 Å². The number of hydrogen-bond donors (Lipinski definition) is 2. The average molecular weight is 484 g/mol. The quantitative estimate of drug-likeness (QED) is 0.324. The van der Waals surface area contributed by atoms with Crippen molar-refractivity contribution in [1.29, 1.82) is 0 Å². The van der Waals surface area contributed by atoms with E-state index < -0.39 is 0 Å². The normalized spacial score (nSPS) is 16.2. The summed E-state index contributed by atoms with van der Waals surface area (Å²) in [5, 5.41) is 7.69. The van der Waals surface area contributed by atoms with Gasteiger partial charge in [-0.15, -0.1) is 0 Å². The smallest absolute Gasteiger partial charge is 0.166 e. The largest absolute Gasteiger partial charge is 0.366 e. The molecule has 1 fully saturated rings. The minimum absolute atomic E-state index is 0.360. The van der Waals surface area contributed by atoms with Crippen LogP contribution in [0.2, 0.25) is 5.02 Å². The Morgan fingerprint density at radius 2 is 1.91 bits per heavy atom. The topological polar surface area (TPSA) is 70.4 Å². The van der Waals surface area contributed by atoms with Crippen LogP contribution in [0.4, 0.5) is 17.3 Å². The van der Waals surface area contributed by atoms with E-state index in [1.165, 1.54) is 5.56 Å². The number of hydrogen-bond acceptors (Lipinski definition) is 6. The van der Waals surface area contributed by atoms with Crippen LogP contribution in [-0.4, -0.2) is 43.4 Å². The Morgan fingerprint density at radius 3 is 2.77 bits per heavy atom. The Bertz CT molecular complexity index is 1480. The molecule has 3 aromatic heterocycles. The van der Waals surface area contributed by atoms with E-state index in [2.05, 4.69) is 50.8 Å². The number of aromatic nitrogens is 4. The minimum Gasteiger partial charge on any atom is -0.366 e. The third-order valence-electron chi connectivity index (χ3n) is 6.53. The second kappa shape index (κ2) is 9.17. The lowest BCUT2D eigenvalue weighted by atomic mass is 10.2. The zero-order valence-corrected chi connectivity index (χ0v) is 20.2. The van der Waals surface area contributed by atoms with Crippen molar-refractivity contribution >= 4 is 45.6 Å². The number of likely N-dealkylation sites (tertiary alicyclic amines) is 1. The molecule has 0 amide bonds. The van der Waals surface area contributed by atoms with Gasteiger partial charge in [-0.05, 0) is 42.7 Å². The molecule has 0 aliphatic carbocycles. The number of anilines is 3. The molecule has 1 saturated heterocycles. The maximum absolute atomic E-state index is 6.44. The first-order valence-corrected chi connectivity index (χ1v) is 12.2. The number of para-hydroxylation sites is 1. The zero-order chi connectivity index (χ0) is 23.8. The number of halogens is 1. The molecule has 0 bridgehead atoms. The first kappa shape index (κ1) is 21.8. The molecule has 2 aromatic carbocycles. The van der Waals surface area contributed by atoms with Gasteiger partial charge in [0.05, 0.1) is 16.9 Å². The average Bonchev–Trinajstić information content (AvgIpc) is 3.53. The van der Waals surface area contributed by atoms with Crippen LogP contribution in [0.3, 0.4) is 0 Å². The standard InChI is InChI=1S/C27H26ClN7/c1-18-6-5-9-21(28)25(18)33-26-23-14-29-17-35(23)27-22(31-26)10-11-24(32-27)30-20-12-13-34(16-20)15-19-7-3-2-4-8-19/h2-11,14,17,20H,12-13,15-16H2,1H3,(H,30,32)(H,31,33)/t20-/m1/s1. The number of aryl methyl sites for hydroxylation is 1. The highest BCUT2D eigenvalue weighted by molar-refractivity contribution is 6.33. The molecule has 1 aliphatic heterocycles. The number of imidazole rings is 1. The molecule has 6 rings (SSSR count). The molecular formula is C27H26ClN7. The van der Waals surface area contributed by atoms with Crippen LogP contribution in [-0.2, 0) is 6.54 Å². The van der Waals surface area contributed by atoms with Gasteiger partial charge in [0.1, 0.15) is 23.2 Å². The van der Waals surface area contributed by atoms with Crippen molar-refractivity contribution in [3.8, 4) is 0 Å². The molecule has 0 spiro atoms. The highest BCUT2D eigenvalue weighted by Crippen LogP contribution is 2.31. The summed E-state index contributed by atoms with van der Waals surface area (Å²) in [6, 6.07) is 20.8. The number of rotatable bonds is 6. The molecule has 2 N–H and O–H groups in total. The number of nitrogens with zero attached hydrogens (tertiary/aromatic N) is 5. The van der Waals surface area contributed by atoms with Crippen LogP contribution in [0.15, 0.2) is 73.2 Å². The van der Waals surface area contributed by atoms with Crippen molar-refractivity contribution in [1.82, 2.24) is 24.3 Å². The lowest BCUT2D eigenvalue weighted by Crippen LogP contribution is -2.26. The fourth-order valence-electron chi connectivity index (χ4n) is 4.75. The Labute approximate surface area is 208 Å². The fraction of sp³-hybridized carbons (Fsp3) is 0.222. The van der Waals surface area contributed by atoms with Crippen LogP contribution in [0, 0.1) is 6.92 Å². The molecule has 0 radical (unpaired) electrons. The van der Waals surface area contributed by atoms with Crippen molar-refractivity contribution in [3.05, 3.63) is 89.3 Å². The number of fused-ring (bicyclic) bond motifs is 3. The first-order chi connectivity index (χ1) is 17.1. The zero-order valence-electron chi connectivity index (χ0n) is 19.4. The van der Waals surface area contributed by atoms with E-state index in [0.29, 0.717) is 16.9 Å². The number of nitrogens with one attached hydrogen (secondary N) is 2. The van der Waals surface area contributed by atoms with E-state index in [9.17, 15) is 0 Å². The van der Waals surface area contributed by atoms with E-state index >= 15 is 0 Å². The Hall–Kier alpha value is -3.68. The summed E-state index contributed by atoms with van der Waals surface area (Å²) in [5.41, 5.74) is 5.64. The highest BCUT2D eigenvalue weighted by atomic mass is 35.5. The SMILES string of the molecule is Cc1cccc(Cl)c1Nc1nc2ccc(N[C@@H]3CCN(Cc4ccccc4)C3)nc2n2cncc12. The van der Waals surface area contributed by atoms with Crippen molar-refractivity contribution < 1.29 is 0 Å². The maximum Gasteiger partial charge on any atom is 0.166 e. The van der Waals surface area contributed by atoms with E-state index in [4.69, 9.17) is 21.6 Å². The molecule has 35 heavy (non-hydrogen) atoms. The maximum atomic E-state index is 6.44. The molecule has 1 aliphatic rings. The van der Waals surface area contributed by atoms with E-state index in [1.807, 2.05) is 41.7 Å². The Kier molecular flexibility index (Phi) is 5.72. The summed E-state index contributed by atoms with van der Waals surface area (Å²) >= 11 is 6.44. The van der Waals surface area contributed by atoms with Gasteiger partial charge in [0.15, 0.2) is 11.5 Å². The highest BCUT2D eigenvalue weighted by Gasteiger charge is 2.23. The summed E-state index contributed by atoms with van der Waals surface area (Å²) in [6.45, 7) is 5.06. The third-order valence-corrected chi connectivity index (χ3v) is 6.85. The van der Waals surface area contributed by atoms with Crippen LogP contribution in [0.1, 0.15) is 17.5 Å². The first-order valence-electron chi connectivity index (χ1n) is 11.8. The van der Waals surface area contributed by atoms with Gasteiger partial charge in [-0.2, -0.15) is 0 Å². The van der Waals surface area contributed by atoms with Crippen molar-refractivity contribution in [3.63, 3.8) is 0 Å². The number of benzene rings is 2. The summed E-state index contributed by atoms with van der Waals surface area (Å²) in [4.78, 5) is 16.6. The Balaban J connectivity index is 1.24. The van der Waals surface area contributed by atoms with Crippen molar-refractivity contribution in [2.75, 3.05) is 23.7 Å². The van der Waals surface area contributed by atoms with Crippen molar-refractivity contribution in [2.45, 2.75) is 25.9 Å².